The SMILES string of the molecule is Cc1c(N2[C@@H]3CC[C@@]2(O)C[C@@](C)(O)C3)ccc(C#N)c1Cl. The Hall–Kier alpha value is -1.28. The van der Waals surface area contributed by atoms with Crippen LogP contribution in [0.5, 0.6) is 0 Å². The Morgan fingerprint density at radius 2 is 2.14 bits per heavy atom. The fraction of sp³-hybridized carbons (Fsp3) is 0.562. The quantitative estimate of drug-likeness (QED) is 0.837. The van der Waals surface area contributed by atoms with Crippen molar-refractivity contribution >= 4 is 17.3 Å². The molecule has 1 aromatic carbocycles. The van der Waals surface area contributed by atoms with Crippen LogP contribution >= 0.6 is 11.6 Å². The van der Waals surface area contributed by atoms with Crippen LogP contribution in [0.4, 0.5) is 5.69 Å². The van der Waals surface area contributed by atoms with Crippen LogP contribution in [0.3, 0.4) is 0 Å². The van der Waals surface area contributed by atoms with E-state index in [1.165, 1.54) is 0 Å². The number of hydrogen-bond acceptors (Lipinski definition) is 4. The molecule has 2 aliphatic heterocycles. The third-order valence-electron chi connectivity index (χ3n) is 4.77. The van der Waals surface area contributed by atoms with Gasteiger partial charge in [0.1, 0.15) is 11.8 Å². The molecule has 2 heterocycles. The number of halogens is 1. The number of nitriles is 1. The Morgan fingerprint density at radius 3 is 2.76 bits per heavy atom. The highest BCUT2D eigenvalue weighted by Gasteiger charge is 2.54. The monoisotopic (exact) mass is 306 g/mol. The highest BCUT2D eigenvalue weighted by Crippen LogP contribution is 2.50. The van der Waals surface area contributed by atoms with Crippen LogP contribution in [0.15, 0.2) is 12.1 Å². The van der Waals surface area contributed by atoms with Crippen LogP contribution < -0.4 is 4.90 Å². The second-order valence-corrected chi connectivity index (χ2v) is 6.98. The summed E-state index contributed by atoms with van der Waals surface area (Å²) >= 11 is 6.25. The highest BCUT2D eigenvalue weighted by molar-refractivity contribution is 6.32. The van der Waals surface area contributed by atoms with Gasteiger partial charge in [-0.15, -0.1) is 0 Å². The van der Waals surface area contributed by atoms with Crippen molar-refractivity contribution in [3.8, 4) is 6.07 Å². The van der Waals surface area contributed by atoms with E-state index in [2.05, 4.69) is 6.07 Å². The average Bonchev–Trinajstić information content (AvgIpc) is 2.61. The molecule has 2 fully saturated rings. The van der Waals surface area contributed by atoms with Gasteiger partial charge in [-0.1, -0.05) is 11.6 Å². The highest BCUT2D eigenvalue weighted by atomic mass is 35.5. The molecule has 0 aliphatic carbocycles. The van der Waals surface area contributed by atoms with Gasteiger partial charge in [-0.05, 0) is 50.8 Å². The van der Waals surface area contributed by atoms with Crippen LogP contribution in [-0.2, 0) is 0 Å². The zero-order chi connectivity index (χ0) is 15.4. The summed E-state index contributed by atoms with van der Waals surface area (Å²) in [4.78, 5) is 1.99. The number of benzene rings is 1. The maximum atomic E-state index is 11.0. The molecule has 1 aromatic rings. The molecule has 0 aromatic heterocycles. The van der Waals surface area contributed by atoms with Gasteiger partial charge in [0, 0.05) is 18.2 Å². The first-order valence-electron chi connectivity index (χ1n) is 7.21. The largest absolute Gasteiger partial charge is 0.390 e. The minimum atomic E-state index is -1.03. The van der Waals surface area contributed by atoms with Gasteiger partial charge < -0.3 is 15.1 Å². The molecule has 0 spiro atoms. The predicted octanol–water partition coefficient (Wildman–Crippen LogP) is 2.72. The van der Waals surface area contributed by atoms with Gasteiger partial charge in [0.15, 0.2) is 0 Å². The van der Waals surface area contributed by atoms with Crippen LogP contribution in [0.2, 0.25) is 5.02 Å². The molecule has 0 amide bonds. The fourth-order valence-electron chi connectivity index (χ4n) is 3.99. The first-order valence-corrected chi connectivity index (χ1v) is 7.58. The normalized spacial score (nSPS) is 34.9. The van der Waals surface area contributed by atoms with Gasteiger partial charge >= 0.3 is 0 Å². The van der Waals surface area contributed by atoms with E-state index in [-0.39, 0.29) is 6.04 Å². The third kappa shape index (κ3) is 2.20. The predicted molar refractivity (Wildman–Crippen MR) is 81.2 cm³/mol. The van der Waals surface area contributed by atoms with Crippen molar-refractivity contribution in [2.75, 3.05) is 4.90 Å². The molecule has 0 saturated carbocycles. The standard InChI is InChI=1S/C16H19ClN2O2/c1-10-13(4-3-11(8-18)14(10)17)19-12-5-6-16(19,21)9-15(2,20)7-12/h3-4,12,20-21H,5-7,9H2,1-2H3/t12-,15+,16-/m1/s1. The molecular weight excluding hydrogens is 288 g/mol. The zero-order valence-electron chi connectivity index (χ0n) is 12.2. The summed E-state index contributed by atoms with van der Waals surface area (Å²) in [6.45, 7) is 3.65. The van der Waals surface area contributed by atoms with Gasteiger partial charge in [0.25, 0.3) is 0 Å². The minimum absolute atomic E-state index is 0.0986. The second-order valence-electron chi connectivity index (χ2n) is 6.61. The first-order chi connectivity index (χ1) is 9.77. The number of hydrogen-bond donors (Lipinski definition) is 2. The Kier molecular flexibility index (Phi) is 3.21. The van der Waals surface area contributed by atoms with E-state index in [1.807, 2.05) is 17.9 Å². The number of anilines is 1. The molecule has 0 radical (unpaired) electrons. The summed E-state index contributed by atoms with van der Waals surface area (Å²) in [5.74, 6) is 0. The minimum Gasteiger partial charge on any atom is -0.390 e. The van der Waals surface area contributed by atoms with E-state index >= 15 is 0 Å². The maximum absolute atomic E-state index is 11.0. The Morgan fingerprint density at radius 1 is 1.43 bits per heavy atom. The van der Waals surface area contributed by atoms with E-state index < -0.39 is 11.3 Å². The molecule has 112 valence electrons. The summed E-state index contributed by atoms with van der Waals surface area (Å²) in [5, 5.41) is 30.8. The van der Waals surface area contributed by atoms with Crippen molar-refractivity contribution in [1.29, 1.82) is 5.26 Å². The van der Waals surface area contributed by atoms with Gasteiger partial charge in [0.05, 0.1) is 16.2 Å². The lowest BCUT2D eigenvalue weighted by Crippen LogP contribution is -2.58. The summed E-state index contributed by atoms with van der Waals surface area (Å²) in [6.07, 6.45) is 2.45. The molecule has 5 heteroatoms. The van der Waals surface area contributed by atoms with Crippen molar-refractivity contribution in [2.45, 2.75) is 56.9 Å². The number of piperidine rings is 1. The van der Waals surface area contributed by atoms with Crippen molar-refractivity contribution in [3.63, 3.8) is 0 Å². The molecule has 0 unspecified atom stereocenters. The molecule has 2 bridgehead atoms. The van der Waals surface area contributed by atoms with E-state index in [9.17, 15) is 10.2 Å². The van der Waals surface area contributed by atoms with Crippen LogP contribution in [0, 0.1) is 18.3 Å². The summed E-state index contributed by atoms with van der Waals surface area (Å²) in [7, 11) is 0. The number of aliphatic hydroxyl groups is 2. The van der Waals surface area contributed by atoms with Crippen molar-refractivity contribution < 1.29 is 10.2 Å². The lowest BCUT2D eigenvalue weighted by Gasteiger charge is -2.49. The zero-order valence-corrected chi connectivity index (χ0v) is 13.0. The molecule has 2 saturated heterocycles. The fourth-order valence-corrected chi connectivity index (χ4v) is 4.19. The van der Waals surface area contributed by atoms with Gasteiger partial charge in [-0.2, -0.15) is 5.26 Å². The third-order valence-corrected chi connectivity index (χ3v) is 5.26. The molecule has 3 rings (SSSR count). The summed E-state index contributed by atoms with van der Waals surface area (Å²) in [5.41, 5.74) is 0.245. The average molecular weight is 307 g/mol. The molecular formula is C16H19ClN2O2. The van der Waals surface area contributed by atoms with Crippen LogP contribution in [0.1, 0.15) is 43.7 Å². The first kappa shape index (κ1) is 14.6. The number of rotatable bonds is 1. The van der Waals surface area contributed by atoms with E-state index in [4.69, 9.17) is 16.9 Å². The molecule has 2 N–H and O–H groups in total. The Labute approximate surface area is 129 Å². The summed E-state index contributed by atoms with van der Waals surface area (Å²) in [6, 6.07) is 5.72. The molecule has 21 heavy (non-hydrogen) atoms. The molecule has 4 nitrogen and oxygen atoms in total. The molecule has 2 aliphatic rings. The topological polar surface area (TPSA) is 67.5 Å². The maximum Gasteiger partial charge on any atom is 0.141 e. The van der Waals surface area contributed by atoms with Crippen molar-refractivity contribution in [2.24, 2.45) is 0 Å². The van der Waals surface area contributed by atoms with Crippen molar-refractivity contribution in [3.05, 3.63) is 28.3 Å². The number of fused-ring (bicyclic) bond motifs is 2. The lowest BCUT2D eigenvalue weighted by molar-refractivity contribution is -0.0731. The van der Waals surface area contributed by atoms with E-state index in [1.54, 1.807) is 13.0 Å². The summed E-state index contributed by atoms with van der Waals surface area (Å²) < 4.78 is 0. The second kappa shape index (κ2) is 4.61. The molecule has 3 atom stereocenters. The lowest BCUT2D eigenvalue weighted by atomic mass is 9.85. The van der Waals surface area contributed by atoms with Crippen molar-refractivity contribution in [1.82, 2.24) is 0 Å². The Balaban J connectivity index is 2.07. The van der Waals surface area contributed by atoms with Gasteiger partial charge in [-0.3, -0.25) is 0 Å². The Bertz CT molecular complexity index is 638. The van der Waals surface area contributed by atoms with E-state index in [0.717, 1.165) is 17.7 Å². The van der Waals surface area contributed by atoms with Gasteiger partial charge in [0.2, 0.25) is 0 Å². The number of nitrogens with zero attached hydrogens (tertiary/aromatic N) is 2. The van der Waals surface area contributed by atoms with Crippen LogP contribution in [-0.4, -0.2) is 27.6 Å². The van der Waals surface area contributed by atoms with E-state index in [0.29, 0.717) is 29.8 Å². The van der Waals surface area contributed by atoms with Crippen LogP contribution in [0.25, 0.3) is 0 Å². The van der Waals surface area contributed by atoms with Gasteiger partial charge in [-0.25, -0.2) is 0 Å². The smallest absolute Gasteiger partial charge is 0.141 e.